The lowest BCUT2D eigenvalue weighted by Crippen LogP contribution is -2.21. The lowest BCUT2D eigenvalue weighted by Gasteiger charge is -2.26. The molecular weight excluding hydrogens is 392 g/mol. The molecule has 0 saturated heterocycles. The number of hydrogen-bond acceptors (Lipinski definition) is 3. The van der Waals surface area contributed by atoms with Gasteiger partial charge in [0.2, 0.25) is 10.0 Å². The Kier molecular flexibility index (Phi) is 11.8. The quantitative estimate of drug-likeness (QED) is 0.633. The van der Waals surface area contributed by atoms with Crippen LogP contribution in [0.25, 0.3) is 0 Å². The fraction of sp³-hybridized carbons (Fsp3) is 0.364. The van der Waals surface area contributed by atoms with Crippen LogP contribution in [0.1, 0.15) is 45.2 Å². The molecule has 0 fully saturated rings. The number of nitrogens with zero attached hydrogens (tertiary/aromatic N) is 1. The number of nitrogens with two attached hydrogens (primary N) is 1. The Hall–Kier alpha value is -1.82. The van der Waals surface area contributed by atoms with Crippen LogP contribution in [-0.4, -0.2) is 15.0 Å². The zero-order valence-electron chi connectivity index (χ0n) is 17.8. The predicted molar refractivity (Wildman–Crippen MR) is 123 cm³/mol. The third kappa shape index (κ3) is 8.46. The lowest BCUT2D eigenvalue weighted by molar-refractivity contribution is 0.598. The molecule has 0 aromatic heterocycles. The predicted octanol–water partition coefficient (Wildman–Crippen LogP) is 6.07. The molecule has 0 saturated carbocycles. The maximum absolute atomic E-state index is 10.7. The first-order valence-corrected chi connectivity index (χ1v) is 11.3. The van der Waals surface area contributed by atoms with Gasteiger partial charge in [-0.05, 0) is 68.7 Å². The molecule has 2 aromatic carbocycles. The van der Waals surface area contributed by atoms with Crippen molar-refractivity contribution < 1.29 is 8.42 Å². The van der Waals surface area contributed by atoms with Crippen molar-refractivity contribution in [3.05, 3.63) is 70.9 Å². The molecule has 0 spiro atoms. The molecule has 0 unspecified atom stereocenters. The number of anilines is 1. The van der Waals surface area contributed by atoms with Gasteiger partial charge in [-0.25, -0.2) is 13.6 Å². The monoisotopic (exact) mass is 424 g/mol. The first-order chi connectivity index (χ1) is 13.1. The highest BCUT2D eigenvalue weighted by Crippen LogP contribution is 2.25. The van der Waals surface area contributed by atoms with Gasteiger partial charge in [0.15, 0.2) is 0 Å². The van der Waals surface area contributed by atoms with E-state index in [0.29, 0.717) is 5.02 Å². The highest BCUT2D eigenvalue weighted by molar-refractivity contribution is 7.89. The Bertz CT molecular complexity index is 847. The molecule has 2 N–H and O–H groups in total. The molecule has 0 aliphatic rings. The van der Waals surface area contributed by atoms with Gasteiger partial charge in [-0.1, -0.05) is 51.1 Å². The number of primary sulfonamides is 1. The third-order valence-electron chi connectivity index (χ3n) is 3.90. The minimum atomic E-state index is -3.58. The first-order valence-electron chi connectivity index (χ1n) is 9.41. The van der Waals surface area contributed by atoms with E-state index in [1.165, 1.54) is 46.8 Å². The fourth-order valence-corrected chi connectivity index (χ4v) is 3.03. The highest BCUT2D eigenvalue weighted by atomic mass is 35.5. The van der Waals surface area contributed by atoms with Gasteiger partial charge in [0.1, 0.15) is 0 Å². The van der Waals surface area contributed by atoms with Crippen molar-refractivity contribution in [2.45, 2.75) is 52.9 Å². The Morgan fingerprint density at radius 2 is 1.61 bits per heavy atom. The summed E-state index contributed by atoms with van der Waals surface area (Å²) in [5, 5.41) is 5.32. The van der Waals surface area contributed by atoms with E-state index in [2.05, 4.69) is 57.4 Å². The van der Waals surface area contributed by atoms with Crippen LogP contribution in [0, 0.1) is 13.8 Å². The molecule has 0 atom stereocenters. The molecule has 0 bridgehead atoms. The van der Waals surface area contributed by atoms with Crippen LogP contribution < -0.4 is 10.0 Å². The summed E-state index contributed by atoms with van der Waals surface area (Å²) in [7, 11) is -3.58. The lowest BCUT2D eigenvalue weighted by atomic mass is 10.1. The highest BCUT2D eigenvalue weighted by Gasteiger charge is 2.09. The SMILES string of the molecule is C=C(CC)N(CC)c1cc(C)ccc1C.CC.NS(=O)(=O)c1ccc(Cl)cc1. The maximum atomic E-state index is 10.7. The zero-order valence-corrected chi connectivity index (χ0v) is 19.4. The van der Waals surface area contributed by atoms with Crippen LogP contribution in [0.15, 0.2) is 59.6 Å². The maximum Gasteiger partial charge on any atom is 0.238 e. The summed E-state index contributed by atoms with van der Waals surface area (Å²) in [6.45, 7) is 17.7. The molecule has 0 aliphatic heterocycles. The number of benzene rings is 2. The Labute approximate surface area is 176 Å². The summed E-state index contributed by atoms with van der Waals surface area (Å²) in [5.74, 6) is 0. The second-order valence-electron chi connectivity index (χ2n) is 5.95. The Balaban J connectivity index is 0.000000497. The molecule has 28 heavy (non-hydrogen) atoms. The average molecular weight is 425 g/mol. The second kappa shape index (κ2) is 12.6. The first kappa shape index (κ1) is 26.2. The minimum absolute atomic E-state index is 0.0712. The van der Waals surface area contributed by atoms with Gasteiger partial charge >= 0.3 is 0 Å². The van der Waals surface area contributed by atoms with E-state index in [4.69, 9.17) is 16.7 Å². The van der Waals surface area contributed by atoms with Crippen LogP contribution >= 0.6 is 11.6 Å². The molecule has 6 heteroatoms. The van der Waals surface area contributed by atoms with Gasteiger partial charge in [-0.3, -0.25) is 0 Å². The fourth-order valence-electron chi connectivity index (χ4n) is 2.39. The van der Waals surface area contributed by atoms with E-state index in [1.807, 2.05) is 13.8 Å². The van der Waals surface area contributed by atoms with Crippen LogP contribution in [-0.2, 0) is 10.0 Å². The van der Waals surface area contributed by atoms with E-state index in [9.17, 15) is 8.42 Å². The van der Waals surface area contributed by atoms with Gasteiger partial charge in [0.25, 0.3) is 0 Å². The van der Waals surface area contributed by atoms with Crippen molar-refractivity contribution >= 4 is 27.3 Å². The van der Waals surface area contributed by atoms with Gasteiger partial charge in [-0.2, -0.15) is 0 Å². The van der Waals surface area contributed by atoms with E-state index < -0.39 is 10.0 Å². The van der Waals surface area contributed by atoms with Crippen molar-refractivity contribution in [3.8, 4) is 0 Å². The molecule has 156 valence electrons. The van der Waals surface area contributed by atoms with Crippen molar-refractivity contribution in [3.63, 3.8) is 0 Å². The van der Waals surface area contributed by atoms with Crippen molar-refractivity contribution in [2.24, 2.45) is 5.14 Å². The molecule has 0 amide bonds. The largest absolute Gasteiger partial charge is 0.346 e. The molecule has 0 heterocycles. The number of allylic oxidation sites excluding steroid dienone is 1. The zero-order chi connectivity index (χ0) is 21.9. The number of sulfonamides is 1. The average Bonchev–Trinajstić information content (AvgIpc) is 2.66. The topological polar surface area (TPSA) is 63.4 Å². The van der Waals surface area contributed by atoms with E-state index in [0.717, 1.165) is 13.0 Å². The molecule has 2 aromatic rings. The summed E-state index contributed by atoms with van der Waals surface area (Å²) in [4.78, 5) is 2.37. The minimum Gasteiger partial charge on any atom is -0.346 e. The van der Waals surface area contributed by atoms with E-state index in [-0.39, 0.29) is 4.90 Å². The van der Waals surface area contributed by atoms with Gasteiger partial charge < -0.3 is 4.90 Å². The summed E-state index contributed by atoms with van der Waals surface area (Å²) in [6, 6.07) is 12.2. The van der Waals surface area contributed by atoms with E-state index in [1.54, 1.807) is 0 Å². The van der Waals surface area contributed by atoms with Crippen LogP contribution in [0.3, 0.4) is 0 Å². The van der Waals surface area contributed by atoms with Gasteiger partial charge in [-0.15, -0.1) is 0 Å². The standard InChI is InChI=1S/C14H21N.C6H6ClNO2S.C2H6/c1-6-13(5)15(7-2)14-10-11(3)8-9-12(14)4;7-5-1-3-6(4-2-5)11(8,9)10;1-2/h8-10H,5-7H2,1-4H3;1-4H,(H2,8,9,10);1-2H3. The Morgan fingerprint density at radius 1 is 1.07 bits per heavy atom. The number of hydrogen-bond donors (Lipinski definition) is 1. The molecule has 2 rings (SSSR count). The summed E-state index contributed by atoms with van der Waals surface area (Å²) in [6.07, 6.45) is 1.00. The van der Waals surface area contributed by atoms with Crippen LogP contribution in [0.4, 0.5) is 5.69 Å². The van der Waals surface area contributed by atoms with Gasteiger partial charge in [0.05, 0.1) is 4.90 Å². The van der Waals surface area contributed by atoms with Crippen molar-refractivity contribution in [2.75, 3.05) is 11.4 Å². The number of rotatable bonds is 5. The normalized spacial score (nSPS) is 10.1. The van der Waals surface area contributed by atoms with Crippen LogP contribution in [0.2, 0.25) is 5.02 Å². The smallest absolute Gasteiger partial charge is 0.238 e. The molecular formula is C22H33ClN2O2S. The Morgan fingerprint density at radius 3 is 2.04 bits per heavy atom. The molecule has 4 nitrogen and oxygen atoms in total. The van der Waals surface area contributed by atoms with Gasteiger partial charge in [0, 0.05) is 23.0 Å². The summed E-state index contributed by atoms with van der Waals surface area (Å²) in [5.41, 5.74) is 5.10. The van der Waals surface area contributed by atoms with Crippen LogP contribution in [0.5, 0.6) is 0 Å². The number of aryl methyl sites for hydroxylation is 2. The van der Waals surface area contributed by atoms with Crippen molar-refractivity contribution in [1.29, 1.82) is 0 Å². The van der Waals surface area contributed by atoms with Crippen molar-refractivity contribution in [1.82, 2.24) is 0 Å². The summed E-state index contributed by atoms with van der Waals surface area (Å²) < 4.78 is 21.4. The third-order valence-corrected chi connectivity index (χ3v) is 5.08. The number of halogens is 1. The molecule has 0 radical (unpaired) electrons. The van der Waals surface area contributed by atoms with E-state index >= 15 is 0 Å². The summed E-state index contributed by atoms with van der Waals surface area (Å²) >= 11 is 5.53. The molecule has 0 aliphatic carbocycles. The second-order valence-corrected chi connectivity index (χ2v) is 7.95.